The molecule has 0 bridgehead atoms. The summed E-state index contributed by atoms with van der Waals surface area (Å²) in [4.78, 5) is 25.1. The zero-order chi connectivity index (χ0) is 16.2. The van der Waals surface area contributed by atoms with Crippen LogP contribution in [-0.2, 0) is 9.53 Å². The number of hydrogen-bond acceptors (Lipinski definition) is 4. The Bertz CT molecular complexity index is 602. The molecule has 0 spiro atoms. The molecule has 1 aromatic carbocycles. The van der Waals surface area contributed by atoms with Gasteiger partial charge in [0.05, 0.1) is 18.9 Å². The van der Waals surface area contributed by atoms with Gasteiger partial charge in [0.1, 0.15) is 5.82 Å². The monoisotopic (exact) mass is 321 g/mol. The molecule has 2 aliphatic heterocycles. The molecule has 6 nitrogen and oxygen atoms in total. The van der Waals surface area contributed by atoms with Crippen LogP contribution in [0.5, 0.6) is 0 Å². The fraction of sp³-hybridized carbons (Fsp3) is 0.500. The molecule has 1 atom stereocenters. The first-order valence-electron chi connectivity index (χ1n) is 7.83. The SMILES string of the molecule is O=C1CC[C@H](CNC(=O)c2ccc(N3CCOCC3)c(F)c2)N1. The van der Waals surface area contributed by atoms with E-state index in [9.17, 15) is 14.0 Å². The lowest BCUT2D eigenvalue weighted by Crippen LogP contribution is -2.38. The summed E-state index contributed by atoms with van der Waals surface area (Å²) in [6.07, 6.45) is 1.20. The molecule has 2 amide bonds. The van der Waals surface area contributed by atoms with Gasteiger partial charge >= 0.3 is 0 Å². The van der Waals surface area contributed by atoms with Gasteiger partial charge in [0.2, 0.25) is 5.91 Å². The third-order valence-corrected chi connectivity index (χ3v) is 4.16. The first-order valence-corrected chi connectivity index (χ1v) is 7.83. The summed E-state index contributed by atoms with van der Waals surface area (Å²) in [5.41, 5.74) is 0.775. The molecule has 0 aliphatic carbocycles. The predicted molar refractivity (Wildman–Crippen MR) is 82.9 cm³/mol. The summed E-state index contributed by atoms with van der Waals surface area (Å²) in [5.74, 6) is -0.738. The number of benzene rings is 1. The largest absolute Gasteiger partial charge is 0.378 e. The van der Waals surface area contributed by atoms with Crippen molar-refractivity contribution in [1.82, 2.24) is 10.6 Å². The number of nitrogens with zero attached hydrogens (tertiary/aromatic N) is 1. The van der Waals surface area contributed by atoms with Crippen molar-refractivity contribution in [2.45, 2.75) is 18.9 Å². The number of carbonyl (C=O) groups is 2. The van der Waals surface area contributed by atoms with Gasteiger partial charge in [0, 0.05) is 37.7 Å². The molecule has 2 saturated heterocycles. The maximum atomic E-state index is 14.3. The average molecular weight is 321 g/mol. The second-order valence-electron chi connectivity index (χ2n) is 5.78. The van der Waals surface area contributed by atoms with E-state index in [0.29, 0.717) is 51.4 Å². The summed E-state index contributed by atoms with van der Waals surface area (Å²) in [6, 6.07) is 4.47. The Morgan fingerprint density at radius 2 is 2.17 bits per heavy atom. The maximum absolute atomic E-state index is 14.3. The summed E-state index contributed by atoms with van der Waals surface area (Å²) in [5, 5.41) is 5.51. The molecular weight excluding hydrogens is 301 g/mol. The minimum atomic E-state index is -0.409. The van der Waals surface area contributed by atoms with Crippen molar-refractivity contribution in [3.8, 4) is 0 Å². The van der Waals surface area contributed by atoms with E-state index in [1.807, 2.05) is 4.90 Å². The van der Waals surface area contributed by atoms with E-state index in [0.717, 1.165) is 0 Å². The fourth-order valence-electron chi connectivity index (χ4n) is 2.86. The lowest BCUT2D eigenvalue weighted by Gasteiger charge is -2.29. The summed E-state index contributed by atoms with van der Waals surface area (Å²) in [7, 11) is 0. The number of hydrogen-bond donors (Lipinski definition) is 2. The minimum Gasteiger partial charge on any atom is -0.378 e. The first-order chi connectivity index (χ1) is 11.1. The average Bonchev–Trinajstić information content (AvgIpc) is 2.99. The van der Waals surface area contributed by atoms with E-state index >= 15 is 0 Å². The molecule has 0 unspecified atom stereocenters. The van der Waals surface area contributed by atoms with Crippen molar-refractivity contribution in [3.05, 3.63) is 29.6 Å². The predicted octanol–water partition coefficient (Wildman–Crippen LogP) is 0.671. The molecule has 3 rings (SSSR count). The highest BCUT2D eigenvalue weighted by atomic mass is 19.1. The Balaban J connectivity index is 1.60. The van der Waals surface area contributed by atoms with Gasteiger partial charge in [-0.1, -0.05) is 0 Å². The van der Waals surface area contributed by atoms with Crippen LogP contribution in [0.3, 0.4) is 0 Å². The van der Waals surface area contributed by atoms with Crippen LogP contribution >= 0.6 is 0 Å². The molecule has 2 aliphatic rings. The standard InChI is InChI=1S/C16H20FN3O3/c17-13-9-11(1-3-14(13)20-5-7-23-8-6-20)16(22)18-10-12-2-4-15(21)19-12/h1,3,9,12H,2,4-8,10H2,(H,18,22)(H,19,21)/t12-/m1/s1. The van der Waals surface area contributed by atoms with E-state index in [-0.39, 0.29) is 23.4 Å². The van der Waals surface area contributed by atoms with Crippen molar-refractivity contribution in [2.75, 3.05) is 37.7 Å². The van der Waals surface area contributed by atoms with E-state index in [2.05, 4.69) is 10.6 Å². The summed E-state index contributed by atoms with van der Waals surface area (Å²) in [6.45, 7) is 2.80. The fourth-order valence-corrected chi connectivity index (χ4v) is 2.86. The molecule has 124 valence electrons. The zero-order valence-electron chi connectivity index (χ0n) is 12.8. The van der Waals surface area contributed by atoms with E-state index in [1.165, 1.54) is 6.07 Å². The van der Waals surface area contributed by atoms with Crippen LogP contribution in [0.2, 0.25) is 0 Å². The van der Waals surface area contributed by atoms with E-state index in [4.69, 9.17) is 4.74 Å². The molecular formula is C16H20FN3O3. The molecule has 2 N–H and O–H groups in total. The summed E-state index contributed by atoms with van der Waals surface area (Å²) < 4.78 is 19.5. The third-order valence-electron chi connectivity index (χ3n) is 4.16. The quantitative estimate of drug-likeness (QED) is 0.855. The van der Waals surface area contributed by atoms with Gasteiger partial charge in [-0.05, 0) is 24.6 Å². The Morgan fingerprint density at radius 1 is 1.39 bits per heavy atom. The van der Waals surface area contributed by atoms with Gasteiger partial charge in [0.25, 0.3) is 5.91 Å². The van der Waals surface area contributed by atoms with Crippen molar-refractivity contribution in [1.29, 1.82) is 0 Å². The molecule has 2 heterocycles. The van der Waals surface area contributed by atoms with Gasteiger partial charge in [0.15, 0.2) is 0 Å². The third kappa shape index (κ3) is 3.79. The topological polar surface area (TPSA) is 70.7 Å². The maximum Gasteiger partial charge on any atom is 0.251 e. The van der Waals surface area contributed by atoms with Crippen molar-refractivity contribution >= 4 is 17.5 Å². The highest BCUT2D eigenvalue weighted by Crippen LogP contribution is 2.21. The highest BCUT2D eigenvalue weighted by Gasteiger charge is 2.22. The Hall–Kier alpha value is -2.15. The highest BCUT2D eigenvalue weighted by molar-refractivity contribution is 5.94. The van der Waals surface area contributed by atoms with Crippen LogP contribution < -0.4 is 15.5 Å². The van der Waals surface area contributed by atoms with Crippen molar-refractivity contribution in [3.63, 3.8) is 0 Å². The van der Waals surface area contributed by atoms with Gasteiger partial charge < -0.3 is 20.3 Å². The molecule has 0 saturated carbocycles. The number of carbonyl (C=O) groups excluding carboxylic acids is 2. The number of ether oxygens (including phenoxy) is 1. The molecule has 7 heteroatoms. The van der Waals surface area contributed by atoms with Crippen LogP contribution in [-0.4, -0.2) is 50.7 Å². The van der Waals surface area contributed by atoms with Crippen LogP contribution in [0, 0.1) is 5.82 Å². The normalized spacial score (nSPS) is 21.2. The molecule has 23 heavy (non-hydrogen) atoms. The van der Waals surface area contributed by atoms with Crippen molar-refractivity contribution < 1.29 is 18.7 Å². The Labute approximate surface area is 134 Å². The Morgan fingerprint density at radius 3 is 2.83 bits per heavy atom. The minimum absolute atomic E-state index is 0.00478. The van der Waals surface area contributed by atoms with Crippen LogP contribution in [0.15, 0.2) is 18.2 Å². The van der Waals surface area contributed by atoms with Gasteiger partial charge in [-0.3, -0.25) is 9.59 Å². The van der Waals surface area contributed by atoms with Gasteiger partial charge in [-0.2, -0.15) is 0 Å². The van der Waals surface area contributed by atoms with E-state index in [1.54, 1.807) is 12.1 Å². The number of halogens is 1. The lowest BCUT2D eigenvalue weighted by molar-refractivity contribution is -0.119. The lowest BCUT2D eigenvalue weighted by atomic mass is 10.1. The molecule has 1 aromatic rings. The number of morpholine rings is 1. The number of nitrogens with one attached hydrogen (secondary N) is 2. The Kier molecular flexibility index (Phi) is 4.76. The van der Waals surface area contributed by atoms with Crippen LogP contribution in [0.25, 0.3) is 0 Å². The van der Waals surface area contributed by atoms with Crippen molar-refractivity contribution in [2.24, 2.45) is 0 Å². The van der Waals surface area contributed by atoms with Crippen LogP contribution in [0.1, 0.15) is 23.2 Å². The molecule has 0 radical (unpaired) electrons. The summed E-state index contributed by atoms with van der Waals surface area (Å²) >= 11 is 0. The van der Waals surface area contributed by atoms with Crippen LogP contribution in [0.4, 0.5) is 10.1 Å². The molecule has 2 fully saturated rings. The van der Waals surface area contributed by atoms with E-state index < -0.39 is 5.82 Å². The zero-order valence-corrected chi connectivity index (χ0v) is 12.8. The van der Waals surface area contributed by atoms with Gasteiger partial charge in [-0.25, -0.2) is 4.39 Å². The second-order valence-corrected chi connectivity index (χ2v) is 5.78. The smallest absolute Gasteiger partial charge is 0.251 e. The number of rotatable bonds is 4. The second kappa shape index (κ2) is 6.95. The molecule has 0 aromatic heterocycles. The number of amides is 2. The van der Waals surface area contributed by atoms with Gasteiger partial charge in [-0.15, -0.1) is 0 Å². The first kappa shape index (κ1) is 15.7. The number of anilines is 1.